The van der Waals surface area contributed by atoms with Gasteiger partial charge in [0.25, 0.3) is 0 Å². The Kier molecular flexibility index (Phi) is 3.38. The first-order valence-electron chi connectivity index (χ1n) is 7.70. The summed E-state index contributed by atoms with van der Waals surface area (Å²) in [5.74, 6) is -0.247. The second kappa shape index (κ2) is 5.43. The molecule has 1 aliphatic carbocycles. The first-order chi connectivity index (χ1) is 11.1. The van der Waals surface area contributed by atoms with Crippen LogP contribution in [-0.2, 0) is 0 Å². The number of para-hydroxylation sites is 1. The van der Waals surface area contributed by atoms with Crippen LogP contribution < -0.4 is 5.32 Å². The highest BCUT2D eigenvalue weighted by atomic mass is 35.5. The Labute approximate surface area is 139 Å². The molecule has 116 valence electrons. The molecular weight excluding hydrogens is 310 g/mol. The summed E-state index contributed by atoms with van der Waals surface area (Å²) in [6.45, 7) is 0. The number of carbonyl (C=O) groups is 1. The highest BCUT2D eigenvalue weighted by Gasteiger charge is 2.39. The minimum Gasteiger partial charge on any atom is -0.478 e. The van der Waals surface area contributed by atoms with Gasteiger partial charge in [-0.15, -0.1) is 0 Å². The fourth-order valence-electron chi connectivity index (χ4n) is 3.80. The number of anilines is 1. The molecule has 2 aromatic carbocycles. The van der Waals surface area contributed by atoms with E-state index < -0.39 is 5.97 Å². The summed E-state index contributed by atoms with van der Waals surface area (Å²) in [6, 6.07) is 13.4. The SMILES string of the molecule is O=C(O)c1cccc2c1N[C@H](c1ccc(Cl)cc1)[C@H]1CC=C[C@@H]21. The van der Waals surface area contributed by atoms with E-state index in [0.717, 1.165) is 23.2 Å². The van der Waals surface area contributed by atoms with Crippen LogP contribution in [0.25, 0.3) is 0 Å². The molecular formula is C19H16ClNO2. The number of rotatable bonds is 2. The van der Waals surface area contributed by atoms with Gasteiger partial charge in [-0.05, 0) is 41.7 Å². The van der Waals surface area contributed by atoms with Gasteiger partial charge in [0, 0.05) is 10.9 Å². The lowest BCUT2D eigenvalue weighted by Crippen LogP contribution is -2.30. The van der Waals surface area contributed by atoms with Crippen LogP contribution in [0.4, 0.5) is 5.69 Å². The van der Waals surface area contributed by atoms with Crippen molar-refractivity contribution in [2.24, 2.45) is 5.92 Å². The molecule has 2 aromatic rings. The molecule has 3 nitrogen and oxygen atoms in total. The minimum atomic E-state index is -0.898. The average molecular weight is 326 g/mol. The lowest BCUT2D eigenvalue weighted by atomic mass is 9.76. The summed E-state index contributed by atoms with van der Waals surface area (Å²) in [7, 11) is 0. The van der Waals surface area contributed by atoms with Gasteiger partial charge in [-0.1, -0.05) is 48.0 Å². The Hall–Kier alpha value is -2.26. The lowest BCUT2D eigenvalue weighted by molar-refractivity contribution is 0.0697. The zero-order valence-electron chi connectivity index (χ0n) is 12.4. The van der Waals surface area contributed by atoms with Gasteiger partial charge >= 0.3 is 5.97 Å². The topological polar surface area (TPSA) is 49.3 Å². The fourth-order valence-corrected chi connectivity index (χ4v) is 3.93. The second-order valence-electron chi connectivity index (χ2n) is 6.10. The van der Waals surface area contributed by atoms with Crippen LogP contribution in [0.1, 0.15) is 39.9 Å². The number of benzene rings is 2. The molecule has 1 aliphatic heterocycles. The van der Waals surface area contributed by atoms with Crippen molar-refractivity contribution in [3.63, 3.8) is 0 Å². The first-order valence-corrected chi connectivity index (χ1v) is 8.08. The highest BCUT2D eigenvalue weighted by Crippen LogP contribution is 2.50. The lowest BCUT2D eigenvalue weighted by Gasteiger charge is -2.38. The summed E-state index contributed by atoms with van der Waals surface area (Å²) in [5.41, 5.74) is 3.29. The normalized spacial score (nSPS) is 24.7. The van der Waals surface area contributed by atoms with Crippen LogP contribution in [0.15, 0.2) is 54.6 Å². The molecule has 4 rings (SSSR count). The van der Waals surface area contributed by atoms with Gasteiger partial charge < -0.3 is 10.4 Å². The Morgan fingerprint density at radius 2 is 1.96 bits per heavy atom. The second-order valence-corrected chi connectivity index (χ2v) is 6.54. The molecule has 0 aromatic heterocycles. The maximum atomic E-state index is 11.6. The largest absolute Gasteiger partial charge is 0.478 e. The van der Waals surface area contributed by atoms with E-state index in [2.05, 4.69) is 17.5 Å². The number of halogens is 1. The van der Waals surface area contributed by atoms with Crippen LogP contribution in [0.5, 0.6) is 0 Å². The molecule has 0 unspecified atom stereocenters. The number of nitrogens with one attached hydrogen (secondary N) is 1. The third kappa shape index (κ3) is 2.32. The number of carboxylic acids is 1. The van der Waals surface area contributed by atoms with Gasteiger partial charge in [-0.3, -0.25) is 0 Å². The minimum absolute atomic E-state index is 0.0836. The molecule has 1 heterocycles. The van der Waals surface area contributed by atoms with Crippen molar-refractivity contribution in [2.45, 2.75) is 18.4 Å². The van der Waals surface area contributed by atoms with Crippen LogP contribution >= 0.6 is 11.6 Å². The Bertz CT molecular complexity index is 798. The third-order valence-corrected chi connectivity index (χ3v) is 5.11. The molecule has 0 bridgehead atoms. The van der Waals surface area contributed by atoms with Gasteiger partial charge in [0.2, 0.25) is 0 Å². The van der Waals surface area contributed by atoms with Crippen molar-refractivity contribution in [1.29, 1.82) is 0 Å². The van der Waals surface area contributed by atoms with E-state index in [1.165, 1.54) is 0 Å². The van der Waals surface area contributed by atoms with Crippen LogP contribution in [0.3, 0.4) is 0 Å². The molecule has 0 spiro atoms. The monoisotopic (exact) mass is 325 g/mol. The zero-order chi connectivity index (χ0) is 16.0. The summed E-state index contributed by atoms with van der Waals surface area (Å²) in [5, 5.41) is 13.7. The molecule has 0 fully saturated rings. The van der Waals surface area contributed by atoms with Crippen molar-refractivity contribution in [2.75, 3.05) is 5.32 Å². The number of carboxylic acid groups (broad SMARTS) is 1. The average Bonchev–Trinajstić information content (AvgIpc) is 3.04. The molecule has 3 atom stereocenters. The number of allylic oxidation sites excluding steroid dienone is 2. The van der Waals surface area contributed by atoms with E-state index in [0.29, 0.717) is 16.5 Å². The number of fused-ring (bicyclic) bond motifs is 3. The number of hydrogen-bond acceptors (Lipinski definition) is 2. The Balaban J connectivity index is 1.83. The predicted molar refractivity (Wildman–Crippen MR) is 91.2 cm³/mol. The van der Waals surface area contributed by atoms with Gasteiger partial charge in [0.05, 0.1) is 17.3 Å². The molecule has 2 aliphatic rings. The predicted octanol–water partition coefficient (Wildman–Crippen LogP) is 4.86. The summed E-state index contributed by atoms with van der Waals surface area (Å²) in [6.07, 6.45) is 5.39. The smallest absolute Gasteiger partial charge is 0.337 e. The van der Waals surface area contributed by atoms with Crippen molar-refractivity contribution in [1.82, 2.24) is 0 Å². The van der Waals surface area contributed by atoms with Crippen LogP contribution in [0.2, 0.25) is 5.02 Å². The van der Waals surface area contributed by atoms with Gasteiger partial charge in [0.15, 0.2) is 0 Å². The molecule has 23 heavy (non-hydrogen) atoms. The fraction of sp³-hybridized carbons (Fsp3) is 0.211. The Morgan fingerprint density at radius 3 is 2.70 bits per heavy atom. The van der Waals surface area contributed by atoms with Crippen LogP contribution in [0, 0.1) is 5.92 Å². The van der Waals surface area contributed by atoms with E-state index in [9.17, 15) is 9.90 Å². The molecule has 0 saturated heterocycles. The third-order valence-electron chi connectivity index (χ3n) is 4.86. The maximum absolute atomic E-state index is 11.6. The highest BCUT2D eigenvalue weighted by molar-refractivity contribution is 6.30. The van der Waals surface area contributed by atoms with E-state index in [-0.39, 0.29) is 12.0 Å². The number of hydrogen-bond donors (Lipinski definition) is 2. The van der Waals surface area contributed by atoms with E-state index >= 15 is 0 Å². The zero-order valence-corrected chi connectivity index (χ0v) is 13.1. The summed E-state index contributed by atoms with van der Waals surface area (Å²) >= 11 is 6.00. The number of aromatic carboxylic acids is 1. The molecule has 2 N–H and O–H groups in total. The molecule has 0 saturated carbocycles. The van der Waals surface area contributed by atoms with Crippen molar-refractivity contribution in [3.05, 3.63) is 76.3 Å². The quantitative estimate of drug-likeness (QED) is 0.775. The standard InChI is InChI=1S/C19H16ClNO2/c20-12-9-7-11(8-10-12)17-14-4-1-3-13(14)15-5-2-6-16(19(22)23)18(15)21-17/h1-3,5-10,13-14,17,21H,4H2,(H,22,23)/t13-,14+,17-/m1/s1. The van der Waals surface area contributed by atoms with Gasteiger partial charge in [0.1, 0.15) is 0 Å². The van der Waals surface area contributed by atoms with E-state index in [4.69, 9.17) is 11.6 Å². The van der Waals surface area contributed by atoms with Gasteiger partial charge in [-0.25, -0.2) is 4.79 Å². The van der Waals surface area contributed by atoms with Gasteiger partial charge in [-0.2, -0.15) is 0 Å². The Morgan fingerprint density at radius 1 is 1.17 bits per heavy atom. The van der Waals surface area contributed by atoms with Crippen molar-refractivity contribution < 1.29 is 9.90 Å². The van der Waals surface area contributed by atoms with Crippen molar-refractivity contribution in [3.8, 4) is 0 Å². The summed E-state index contributed by atoms with van der Waals surface area (Å²) < 4.78 is 0. The maximum Gasteiger partial charge on any atom is 0.337 e. The molecule has 0 amide bonds. The first kappa shape index (κ1) is 14.3. The summed E-state index contributed by atoms with van der Waals surface area (Å²) in [4.78, 5) is 11.6. The van der Waals surface area contributed by atoms with E-state index in [1.807, 2.05) is 36.4 Å². The van der Waals surface area contributed by atoms with Crippen molar-refractivity contribution >= 4 is 23.3 Å². The van der Waals surface area contributed by atoms with E-state index in [1.54, 1.807) is 6.07 Å². The molecule has 0 radical (unpaired) electrons. The van der Waals surface area contributed by atoms with Crippen LogP contribution in [-0.4, -0.2) is 11.1 Å². The molecule has 4 heteroatoms.